The van der Waals surface area contributed by atoms with Crippen LogP contribution < -0.4 is 0 Å². The summed E-state index contributed by atoms with van der Waals surface area (Å²) in [5, 5.41) is 0. The van der Waals surface area contributed by atoms with E-state index in [4.69, 9.17) is 0 Å². The van der Waals surface area contributed by atoms with Crippen LogP contribution >= 0.6 is 0 Å². The lowest BCUT2D eigenvalue weighted by Crippen LogP contribution is -2.29. The van der Waals surface area contributed by atoms with Gasteiger partial charge in [-0.3, -0.25) is 4.79 Å². The Morgan fingerprint density at radius 3 is 2.78 bits per heavy atom. The van der Waals surface area contributed by atoms with Crippen LogP contribution in [0.15, 0.2) is 24.3 Å². The molecule has 1 fully saturated rings. The van der Waals surface area contributed by atoms with Gasteiger partial charge in [0.05, 0.1) is 11.3 Å². The van der Waals surface area contributed by atoms with Gasteiger partial charge < -0.3 is 4.90 Å². The van der Waals surface area contributed by atoms with Crippen LogP contribution in [0, 0.1) is 4.91 Å². The van der Waals surface area contributed by atoms with Crippen LogP contribution in [-0.4, -0.2) is 35.9 Å². The summed E-state index contributed by atoms with van der Waals surface area (Å²) in [7, 11) is 1.31. The number of amides is 1. The number of carbonyl (C=O) groups excluding carboxylic acids is 1. The van der Waals surface area contributed by atoms with Crippen LogP contribution in [0.25, 0.3) is 0 Å². The van der Waals surface area contributed by atoms with Crippen molar-refractivity contribution in [1.29, 1.82) is 0 Å². The minimum atomic E-state index is 0.125. The second-order valence-corrected chi connectivity index (χ2v) is 4.37. The monoisotopic (exact) mass is 249 g/mol. The Balaban J connectivity index is 2.04. The first kappa shape index (κ1) is 12.5. The molecule has 0 aliphatic carbocycles. The average Bonchev–Trinajstić information content (AvgIpc) is 2.92. The summed E-state index contributed by atoms with van der Waals surface area (Å²) >= 11 is 0. The number of hydrogen-bond acceptors (Lipinski definition) is 3. The smallest absolute Gasteiger partial charge is 0.317 e. The van der Waals surface area contributed by atoms with E-state index in [2.05, 4.69) is 4.84 Å². The maximum absolute atomic E-state index is 12.0. The van der Waals surface area contributed by atoms with Crippen LogP contribution in [0.2, 0.25) is 0 Å². The molecule has 1 amide bonds. The Morgan fingerprint density at radius 2 is 2.11 bits per heavy atom. The fraction of sp³-hybridized carbons (Fsp3) is 0.462. The summed E-state index contributed by atoms with van der Waals surface area (Å²) in [5.74, 6) is 0.125. The fourth-order valence-corrected chi connectivity index (χ4v) is 2.14. The van der Waals surface area contributed by atoms with E-state index in [0.29, 0.717) is 17.0 Å². The first-order valence-electron chi connectivity index (χ1n) is 6.09. The molecule has 1 aliphatic heterocycles. The zero-order valence-electron chi connectivity index (χ0n) is 10.5. The predicted octanol–water partition coefficient (Wildman–Crippen LogP) is 1.82. The van der Waals surface area contributed by atoms with Crippen LogP contribution in [0.5, 0.6) is 0 Å². The molecule has 0 N–H and O–H groups in total. The highest BCUT2D eigenvalue weighted by atomic mass is 16.8. The van der Waals surface area contributed by atoms with E-state index < -0.39 is 0 Å². The van der Waals surface area contributed by atoms with Crippen molar-refractivity contribution in [2.75, 3.05) is 20.2 Å². The van der Waals surface area contributed by atoms with E-state index in [1.54, 1.807) is 18.2 Å². The molecule has 1 aromatic rings. The van der Waals surface area contributed by atoms with Crippen LogP contribution in [-0.2, 0) is 16.1 Å². The minimum Gasteiger partial charge on any atom is -0.342 e. The van der Waals surface area contributed by atoms with Crippen molar-refractivity contribution in [2.24, 2.45) is 0 Å². The van der Waals surface area contributed by atoms with Crippen molar-refractivity contribution in [3.05, 3.63) is 34.7 Å². The molecule has 0 aromatic heterocycles. The van der Waals surface area contributed by atoms with Crippen LogP contribution in [0.1, 0.15) is 18.4 Å². The van der Waals surface area contributed by atoms with E-state index in [9.17, 15) is 9.70 Å². The Labute approximate surface area is 106 Å². The van der Waals surface area contributed by atoms with Gasteiger partial charge >= 0.3 is 5.69 Å². The van der Waals surface area contributed by atoms with E-state index in [-0.39, 0.29) is 5.91 Å². The maximum atomic E-state index is 12.0. The normalized spacial score (nSPS) is 14.6. The summed E-state index contributed by atoms with van der Waals surface area (Å²) in [5.41, 5.74) is 1.24. The van der Waals surface area contributed by atoms with E-state index >= 15 is 0 Å². The number of rotatable bonds is 4. The first-order chi connectivity index (χ1) is 8.70. The number of carbonyl (C=O) groups is 1. The lowest BCUT2D eigenvalue weighted by molar-refractivity contribution is -0.736. The minimum absolute atomic E-state index is 0.125. The third-order valence-corrected chi connectivity index (χ3v) is 3.10. The SMILES string of the molecule is CO[N+](=O)c1cccc(CC(=O)N2CCCC2)c1. The van der Waals surface area contributed by atoms with Crippen molar-refractivity contribution in [2.45, 2.75) is 19.3 Å². The van der Waals surface area contributed by atoms with E-state index in [1.807, 2.05) is 11.0 Å². The highest BCUT2D eigenvalue weighted by molar-refractivity contribution is 5.79. The topological polar surface area (TPSA) is 49.6 Å². The maximum Gasteiger partial charge on any atom is 0.317 e. The van der Waals surface area contributed by atoms with Crippen molar-refractivity contribution in [3.8, 4) is 0 Å². The zero-order chi connectivity index (χ0) is 13.0. The van der Waals surface area contributed by atoms with Gasteiger partial charge in [0.25, 0.3) is 4.92 Å². The largest absolute Gasteiger partial charge is 0.342 e. The van der Waals surface area contributed by atoms with Crippen LogP contribution in [0.4, 0.5) is 5.69 Å². The van der Waals surface area contributed by atoms with Crippen LogP contribution in [0.3, 0.4) is 0 Å². The Morgan fingerprint density at radius 1 is 1.39 bits per heavy atom. The molecule has 0 radical (unpaired) electrons. The van der Waals surface area contributed by atoms with Gasteiger partial charge in [-0.25, -0.2) is 4.84 Å². The van der Waals surface area contributed by atoms with Crippen molar-refractivity contribution in [1.82, 2.24) is 4.90 Å². The third kappa shape index (κ3) is 2.85. The van der Waals surface area contributed by atoms with Crippen molar-refractivity contribution in [3.63, 3.8) is 0 Å². The molecular formula is C13H17N2O3+. The van der Waals surface area contributed by atoms with Gasteiger partial charge in [0, 0.05) is 25.2 Å². The molecule has 0 spiro atoms. The van der Waals surface area contributed by atoms with Crippen molar-refractivity contribution >= 4 is 11.6 Å². The molecule has 1 aromatic carbocycles. The zero-order valence-corrected chi connectivity index (χ0v) is 10.5. The molecule has 5 heteroatoms. The predicted molar refractivity (Wildman–Crippen MR) is 66.3 cm³/mol. The lowest BCUT2D eigenvalue weighted by atomic mass is 10.1. The van der Waals surface area contributed by atoms with Gasteiger partial charge in [-0.2, -0.15) is 0 Å². The molecule has 1 saturated heterocycles. The second kappa shape index (κ2) is 5.62. The van der Waals surface area contributed by atoms with E-state index in [0.717, 1.165) is 31.5 Å². The third-order valence-electron chi connectivity index (χ3n) is 3.10. The summed E-state index contributed by atoms with van der Waals surface area (Å²) < 4.78 is 0. The molecule has 2 rings (SSSR count). The summed E-state index contributed by atoms with van der Waals surface area (Å²) in [6, 6.07) is 6.94. The summed E-state index contributed by atoms with van der Waals surface area (Å²) in [6.45, 7) is 1.70. The molecule has 0 saturated carbocycles. The lowest BCUT2D eigenvalue weighted by Gasteiger charge is -2.14. The quantitative estimate of drug-likeness (QED) is 0.765. The molecule has 1 aliphatic rings. The molecule has 0 bridgehead atoms. The van der Waals surface area contributed by atoms with Gasteiger partial charge in [0.2, 0.25) is 5.91 Å². The number of nitrogens with zero attached hydrogens (tertiary/aromatic N) is 2. The van der Waals surface area contributed by atoms with Gasteiger partial charge in [-0.15, -0.1) is 0 Å². The first-order valence-corrected chi connectivity index (χ1v) is 6.09. The standard InChI is InChI=1S/C13H17N2O3/c1-18-15(17)12-6-4-5-11(9-12)10-13(16)14-7-2-3-8-14/h4-6,9H,2-3,7-8,10H2,1H3/q+1. The molecule has 96 valence electrons. The van der Waals surface area contributed by atoms with Gasteiger partial charge in [0.15, 0.2) is 7.11 Å². The molecule has 18 heavy (non-hydrogen) atoms. The Hall–Kier alpha value is -1.91. The molecule has 0 atom stereocenters. The second-order valence-electron chi connectivity index (χ2n) is 4.37. The molecular weight excluding hydrogens is 232 g/mol. The number of hydrogen-bond donors (Lipinski definition) is 0. The van der Waals surface area contributed by atoms with Gasteiger partial charge in [-0.05, 0) is 18.4 Å². The Bertz CT molecular complexity index is 453. The molecule has 0 unspecified atom stereocenters. The summed E-state index contributed by atoms with van der Waals surface area (Å²) in [6.07, 6.45) is 2.51. The highest BCUT2D eigenvalue weighted by Gasteiger charge is 2.20. The van der Waals surface area contributed by atoms with E-state index in [1.165, 1.54) is 7.11 Å². The summed E-state index contributed by atoms with van der Waals surface area (Å²) in [4.78, 5) is 30.2. The van der Waals surface area contributed by atoms with Gasteiger partial charge in [-0.1, -0.05) is 12.1 Å². The average molecular weight is 249 g/mol. The number of likely N-dealkylation sites (tertiary alicyclic amines) is 1. The van der Waals surface area contributed by atoms with Gasteiger partial charge in [0.1, 0.15) is 0 Å². The number of benzene rings is 1. The van der Waals surface area contributed by atoms with Crippen molar-refractivity contribution < 1.29 is 14.6 Å². The highest BCUT2D eigenvalue weighted by Crippen LogP contribution is 2.16. The molecule has 1 heterocycles. The Kier molecular flexibility index (Phi) is 3.92. The fourth-order valence-electron chi connectivity index (χ4n) is 2.14. The molecule has 5 nitrogen and oxygen atoms in total.